The lowest BCUT2D eigenvalue weighted by molar-refractivity contribution is 0.350. The van der Waals surface area contributed by atoms with E-state index in [9.17, 15) is 0 Å². The summed E-state index contributed by atoms with van der Waals surface area (Å²) >= 11 is 1.80. The molecule has 14 heavy (non-hydrogen) atoms. The molecule has 0 radical (unpaired) electrons. The molecule has 80 valence electrons. The van der Waals surface area contributed by atoms with Gasteiger partial charge in [0.25, 0.3) is 0 Å². The third-order valence-corrected chi connectivity index (χ3v) is 3.53. The molecule has 0 spiro atoms. The number of hydrogen-bond acceptors (Lipinski definition) is 2. The highest BCUT2D eigenvalue weighted by molar-refractivity contribution is 7.07. The molecule has 1 nitrogen and oxygen atoms in total. The van der Waals surface area contributed by atoms with Crippen LogP contribution in [0.1, 0.15) is 25.8 Å². The van der Waals surface area contributed by atoms with Crippen LogP contribution in [0, 0.1) is 11.8 Å². The van der Waals surface area contributed by atoms with E-state index in [0.717, 1.165) is 18.4 Å². The molecule has 2 heteroatoms. The lowest BCUT2D eigenvalue weighted by atomic mass is 9.90. The fourth-order valence-electron chi connectivity index (χ4n) is 1.72. The number of aryl methyl sites for hydroxylation is 1. The van der Waals surface area contributed by atoms with Crippen LogP contribution >= 0.6 is 11.3 Å². The predicted molar refractivity (Wildman–Crippen MR) is 64.9 cm³/mol. The molecule has 0 fully saturated rings. The molecule has 1 N–H and O–H groups in total. The van der Waals surface area contributed by atoms with Gasteiger partial charge >= 0.3 is 0 Å². The van der Waals surface area contributed by atoms with E-state index in [-0.39, 0.29) is 0 Å². The van der Waals surface area contributed by atoms with E-state index >= 15 is 0 Å². The highest BCUT2D eigenvalue weighted by Crippen LogP contribution is 2.18. The van der Waals surface area contributed by atoms with Crippen LogP contribution in [0.5, 0.6) is 0 Å². The topological polar surface area (TPSA) is 12.0 Å². The molecule has 0 saturated heterocycles. The molecule has 0 amide bonds. The van der Waals surface area contributed by atoms with Crippen molar-refractivity contribution >= 4 is 11.3 Å². The molecule has 0 aromatic carbocycles. The van der Waals surface area contributed by atoms with Gasteiger partial charge in [-0.25, -0.2) is 0 Å². The van der Waals surface area contributed by atoms with Crippen LogP contribution in [0.15, 0.2) is 16.8 Å². The van der Waals surface area contributed by atoms with E-state index in [0.29, 0.717) is 0 Å². The Morgan fingerprint density at radius 2 is 2.21 bits per heavy atom. The first-order chi connectivity index (χ1) is 6.74. The van der Waals surface area contributed by atoms with E-state index in [1.54, 1.807) is 11.3 Å². The first-order valence-corrected chi connectivity index (χ1v) is 6.34. The summed E-state index contributed by atoms with van der Waals surface area (Å²) in [6.45, 7) is 5.77. The van der Waals surface area contributed by atoms with Crippen LogP contribution in [0.4, 0.5) is 0 Å². The molecule has 0 aliphatic carbocycles. The Kier molecular flexibility index (Phi) is 5.20. The van der Waals surface area contributed by atoms with Gasteiger partial charge in [0, 0.05) is 0 Å². The van der Waals surface area contributed by atoms with Gasteiger partial charge in [0.1, 0.15) is 0 Å². The average molecular weight is 211 g/mol. The van der Waals surface area contributed by atoms with E-state index in [1.165, 1.54) is 18.4 Å². The summed E-state index contributed by atoms with van der Waals surface area (Å²) in [6.07, 6.45) is 2.53. The zero-order valence-electron chi connectivity index (χ0n) is 9.42. The Morgan fingerprint density at radius 1 is 1.43 bits per heavy atom. The Hall–Kier alpha value is -0.340. The predicted octanol–water partition coefficient (Wildman–Crippen LogP) is 3.17. The van der Waals surface area contributed by atoms with Crippen LogP contribution in [0.3, 0.4) is 0 Å². The average Bonchev–Trinajstić information content (AvgIpc) is 2.64. The second-order valence-electron chi connectivity index (χ2n) is 4.23. The minimum absolute atomic E-state index is 0.779. The van der Waals surface area contributed by atoms with Crippen molar-refractivity contribution in [2.75, 3.05) is 13.6 Å². The Morgan fingerprint density at radius 3 is 2.71 bits per heavy atom. The summed E-state index contributed by atoms with van der Waals surface area (Å²) in [5.74, 6) is 1.58. The zero-order chi connectivity index (χ0) is 10.4. The number of thiophene rings is 1. The fourth-order valence-corrected chi connectivity index (χ4v) is 2.42. The lowest BCUT2D eigenvalue weighted by Gasteiger charge is -2.19. The highest BCUT2D eigenvalue weighted by Gasteiger charge is 2.12. The van der Waals surface area contributed by atoms with Crippen LogP contribution in [-0.4, -0.2) is 13.6 Å². The van der Waals surface area contributed by atoms with Crippen molar-refractivity contribution in [3.8, 4) is 0 Å². The quantitative estimate of drug-likeness (QED) is 0.762. The summed E-state index contributed by atoms with van der Waals surface area (Å²) in [5.41, 5.74) is 1.50. The maximum absolute atomic E-state index is 3.28. The van der Waals surface area contributed by atoms with Crippen molar-refractivity contribution in [2.24, 2.45) is 11.8 Å². The Bertz CT molecular complexity index is 228. The smallest absolute Gasteiger partial charge is 0.00210 e. The molecule has 1 unspecified atom stereocenters. The fraction of sp³-hybridized carbons (Fsp3) is 0.667. The summed E-state index contributed by atoms with van der Waals surface area (Å²) in [5, 5.41) is 7.71. The second kappa shape index (κ2) is 6.20. The zero-order valence-corrected chi connectivity index (χ0v) is 10.2. The van der Waals surface area contributed by atoms with Gasteiger partial charge in [-0.1, -0.05) is 13.8 Å². The summed E-state index contributed by atoms with van der Waals surface area (Å²) < 4.78 is 0. The minimum Gasteiger partial charge on any atom is -0.319 e. The van der Waals surface area contributed by atoms with Crippen molar-refractivity contribution in [3.05, 3.63) is 22.4 Å². The molecule has 0 bridgehead atoms. The van der Waals surface area contributed by atoms with Crippen molar-refractivity contribution in [1.29, 1.82) is 0 Å². The maximum Gasteiger partial charge on any atom is -0.00210 e. The highest BCUT2D eigenvalue weighted by atomic mass is 32.1. The van der Waals surface area contributed by atoms with Gasteiger partial charge in [-0.05, 0) is 60.7 Å². The van der Waals surface area contributed by atoms with Crippen LogP contribution in [-0.2, 0) is 6.42 Å². The summed E-state index contributed by atoms with van der Waals surface area (Å²) in [6, 6.07) is 2.24. The normalized spacial score (nSPS) is 13.4. The molecule has 1 aromatic heterocycles. The summed E-state index contributed by atoms with van der Waals surface area (Å²) in [4.78, 5) is 0. The molecule has 0 aliphatic heterocycles. The van der Waals surface area contributed by atoms with Gasteiger partial charge in [0.2, 0.25) is 0 Å². The van der Waals surface area contributed by atoms with E-state index in [2.05, 4.69) is 36.0 Å². The molecular formula is C12H21NS. The van der Waals surface area contributed by atoms with Crippen molar-refractivity contribution in [3.63, 3.8) is 0 Å². The van der Waals surface area contributed by atoms with E-state index in [4.69, 9.17) is 0 Å². The van der Waals surface area contributed by atoms with Crippen molar-refractivity contribution in [1.82, 2.24) is 5.32 Å². The molecule has 1 heterocycles. The Balaban J connectivity index is 2.33. The molecule has 0 saturated carbocycles. The number of rotatable bonds is 6. The molecule has 1 rings (SSSR count). The molecular weight excluding hydrogens is 190 g/mol. The monoisotopic (exact) mass is 211 g/mol. The van der Waals surface area contributed by atoms with Gasteiger partial charge in [-0.2, -0.15) is 11.3 Å². The summed E-state index contributed by atoms with van der Waals surface area (Å²) in [7, 11) is 2.04. The van der Waals surface area contributed by atoms with Gasteiger partial charge in [-0.3, -0.25) is 0 Å². The number of hydrogen-bond donors (Lipinski definition) is 1. The largest absolute Gasteiger partial charge is 0.319 e. The third-order valence-electron chi connectivity index (χ3n) is 2.79. The first-order valence-electron chi connectivity index (χ1n) is 5.39. The van der Waals surface area contributed by atoms with Crippen LogP contribution in [0.2, 0.25) is 0 Å². The Labute approximate surface area is 91.5 Å². The van der Waals surface area contributed by atoms with Gasteiger partial charge in [0.05, 0.1) is 0 Å². The lowest BCUT2D eigenvalue weighted by Crippen LogP contribution is -2.23. The minimum atomic E-state index is 0.779. The van der Waals surface area contributed by atoms with Crippen molar-refractivity contribution < 1.29 is 0 Å². The van der Waals surface area contributed by atoms with Gasteiger partial charge < -0.3 is 5.32 Å². The standard InChI is InChI=1S/C12H21NS/c1-10(2)12(8-13-3)5-4-11-6-7-14-9-11/h6-7,9-10,12-13H,4-5,8H2,1-3H3. The van der Waals surface area contributed by atoms with E-state index < -0.39 is 0 Å². The van der Waals surface area contributed by atoms with Crippen LogP contribution in [0.25, 0.3) is 0 Å². The third kappa shape index (κ3) is 3.81. The van der Waals surface area contributed by atoms with Gasteiger partial charge in [-0.15, -0.1) is 0 Å². The SMILES string of the molecule is CNCC(CCc1ccsc1)C(C)C. The molecule has 1 aromatic rings. The van der Waals surface area contributed by atoms with Gasteiger partial charge in [0.15, 0.2) is 0 Å². The second-order valence-corrected chi connectivity index (χ2v) is 5.01. The first kappa shape index (κ1) is 11.7. The maximum atomic E-state index is 3.28. The molecule has 0 aliphatic rings. The number of nitrogens with one attached hydrogen (secondary N) is 1. The van der Waals surface area contributed by atoms with E-state index in [1.807, 2.05) is 7.05 Å². The molecule has 1 atom stereocenters. The van der Waals surface area contributed by atoms with Crippen molar-refractivity contribution in [2.45, 2.75) is 26.7 Å². The van der Waals surface area contributed by atoms with Crippen LogP contribution < -0.4 is 5.32 Å².